The van der Waals surface area contributed by atoms with Gasteiger partial charge >= 0.3 is 5.97 Å². The number of phenolic OH excluding ortho intramolecular Hbond substituents is 1. The van der Waals surface area contributed by atoms with E-state index in [9.17, 15) is 9.90 Å². The first kappa shape index (κ1) is 11.5. The second-order valence-corrected chi connectivity index (χ2v) is 3.07. The first-order valence-corrected chi connectivity index (χ1v) is 4.82. The van der Waals surface area contributed by atoms with Crippen molar-refractivity contribution < 1.29 is 14.6 Å². The number of esters is 1. The van der Waals surface area contributed by atoms with Gasteiger partial charge in [-0.2, -0.15) is 0 Å². The zero-order valence-electron chi connectivity index (χ0n) is 8.86. The Bertz CT molecular complexity index is 338. The molecule has 4 heteroatoms. The highest BCUT2D eigenvalue weighted by Gasteiger charge is 2.19. The zero-order valence-corrected chi connectivity index (χ0v) is 8.86. The summed E-state index contributed by atoms with van der Waals surface area (Å²) in [6, 6.07) is 6.02. The minimum absolute atomic E-state index is 0.136. The highest BCUT2D eigenvalue weighted by molar-refractivity contribution is 5.77. The van der Waals surface area contributed by atoms with Gasteiger partial charge in [0.15, 0.2) is 0 Å². The van der Waals surface area contributed by atoms with Gasteiger partial charge in [-0.15, -0.1) is 0 Å². The molecule has 0 amide bonds. The SMILES string of the molecule is CCOC(=O)C(NC)c1cccc(O)c1. The Morgan fingerprint density at radius 3 is 2.87 bits per heavy atom. The van der Waals surface area contributed by atoms with E-state index in [-0.39, 0.29) is 11.7 Å². The summed E-state index contributed by atoms with van der Waals surface area (Å²) in [5.74, 6) is -0.206. The molecule has 0 aliphatic carbocycles. The number of likely N-dealkylation sites (N-methyl/N-ethyl adjacent to an activating group) is 1. The fourth-order valence-electron chi connectivity index (χ4n) is 1.35. The van der Waals surface area contributed by atoms with Crippen LogP contribution in [0.4, 0.5) is 0 Å². The number of hydrogen-bond donors (Lipinski definition) is 2. The average Bonchev–Trinajstić information content (AvgIpc) is 2.19. The maximum absolute atomic E-state index is 11.5. The number of hydrogen-bond acceptors (Lipinski definition) is 4. The third-order valence-electron chi connectivity index (χ3n) is 2.01. The first-order valence-electron chi connectivity index (χ1n) is 4.82. The van der Waals surface area contributed by atoms with Crippen molar-refractivity contribution in [1.29, 1.82) is 0 Å². The molecule has 1 unspecified atom stereocenters. The molecule has 0 radical (unpaired) electrons. The Labute approximate surface area is 88.9 Å². The molecule has 2 N–H and O–H groups in total. The van der Waals surface area contributed by atoms with E-state index in [1.165, 1.54) is 6.07 Å². The highest BCUT2D eigenvalue weighted by Crippen LogP contribution is 2.18. The molecule has 15 heavy (non-hydrogen) atoms. The van der Waals surface area contributed by atoms with E-state index >= 15 is 0 Å². The third kappa shape index (κ3) is 2.95. The van der Waals surface area contributed by atoms with Gasteiger partial charge in [0.05, 0.1) is 6.61 Å². The summed E-state index contributed by atoms with van der Waals surface area (Å²) in [6.07, 6.45) is 0. The summed E-state index contributed by atoms with van der Waals surface area (Å²) in [5, 5.41) is 12.1. The molecule has 0 aliphatic rings. The van der Waals surface area contributed by atoms with E-state index in [2.05, 4.69) is 5.32 Å². The maximum Gasteiger partial charge on any atom is 0.327 e. The largest absolute Gasteiger partial charge is 0.508 e. The maximum atomic E-state index is 11.5. The number of phenols is 1. The molecule has 82 valence electrons. The zero-order chi connectivity index (χ0) is 11.3. The quantitative estimate of drug-likeness (QED) is 0.732. The molecule has 0 bridgehead atoms. The number of carbonyl (C=O) groups excluding carboxylic acids is 1. The van der Waals surface area contributed by atoms with Crippen LogP contribution in [0, 0.1) is 0 Å². The highest BCUT2D eigenvalue weighted by atomic mass is 16.5. The molecular weight excluding hydrogens is 194 g/mol. The summed E-state index contributed by atoms with van der Waals surface area (Å²) in [4.78, 5) is 11.5. The number of ether oxygens (including phenoxy) is 1. The second kappa shape index (κ2) is 5.36. The summed E-state index contributed by atoms with van der Waals surface area (Å²) >= 11 is 0. The topological polar surface area (TPSA) is 58.6 Å². The summed E-state index contributed by atoms with van der Waals surface area (Å²) in [7, 11) is 1.67. The van der Waals surface area contributed by atoms with Gasteiger partial charge in [0.1, 0.15) is 11.8 Å². The molecule has 0 aliphatic heterocycles. The van der Waals surface area contributed by atoms with Crippen molar-refractivity contribution in [3.05, 3.63) is 29.8 Å². The van der Waals surface area contributed by atoms with Crippen molar-refractivity contribution in [2.24, 2.45) is 0 Å². The van der Waals surface area contributed by atoms with Gasteiger partial charge in [0.25, 0.3) is 0 Å². The summed E-state index contributed by atoms with van der Waals surface area (Å²) in [6.45, 7) is 2.10. The molecule has 0 saturated heterocycles. The minimum Gasteiger partial charge on any atom is -0.508 e. The lowest BCUT2D eigenvalue weighted by atomic mass is 10.1. The molecule has 4 nitrogen and oxygen atoms in total. The van der Waals surface area contributed by atoms with Crippen molar-refractivity contribution in [3.8, 4) is 5.75 Å². The van der Waals surface area contributed by atoms with Gasteiger partial charge in [0, 0.05) is 0 Å². The van der Waals surface area contributed by atoms with Crippen molar-refractivity contribution in [1.82, 2.24) is 5.32 Å². The monoisotopic (exact) mass is 209 g/mol. The number of aromatic hydroxyl groups is 1. The minimum atomic E-state index is -0.531. The van der Waals surface area contributed by atoms with Crippen LogP contribution in [0.25, 0.3) is 0 Å². The van der Waals surface area contributed by atoms with Gasteiger partial charge in [-0.25, -0.2) is 4.79 Å². The van der Waals surface area contributed by atoms with Crippen LogP contribution in [0.1, 0.15) is 18.5 Å². The fourth-order valence-corrected chi connectivity index (χ4v) is 1.35. The molecule has 1 aromatic rings. The molecule has 0 spiro atoms. The smallest absolute Gasteiger partial charge is 0.327 e. The summed E-state index contributed by atoms with van der Waals surface area (Å²) in [5.41, 5.74) is 0.691. The number of nitrogens with one attached hydrogen (secondary N) is 1. The van der Waals surface area contributed by atoms with E-state index < -0.39 is 6.04 Å². The van der Waals surface area contributed by atoms with Gasteiger partial charge < -0.3 is 15.2 Å². The molecular formula is C11H15NO3. The van der Waals surface area contributed by atoms with Crippen molar-refractivity contribution in [2.75, 3.05) is 13.7 Å². The Morgan fingerprint density at radius 1 is 1.60 bits per heavy atom. The van der Waals surface area contributed by atoms with E-state index in [0.29, 0.717) is 12.2 Å². The van der Waals surface area contributed by atoms with Crippen LogP contribution in [0.5, 0.6) is 5.75 Å². The van der Waals surface area contributed by atoms with E-state index in [4.69, 9.17) is 4.74 Å². The molecule has 1 atom stereocenters. The number of rotatable bonds is 4. The Balaban J connectivity index is 2.87. The molecule has 0 aromatic heterocycles. The average molecular weight is 209 g/mol. The molecule has 1 rings (SSSR count). The van der Waals surface area contributed by atoms with Crippen LogP contribution < -0.4 is 5.32 Å². The number of carbonyl (C=O) groups is 1. The standard InChI is InChI=1S/C11H15NO3/c1-3-15-11(14)10(12-2)8-5-4-6-9(13)7-8/h4-7,10,12-13H,3H2,1-2H3. The van der Waals surface area contributed by atoms with Crippen LogP contribution in [-0.4, -0.2) is 24.7 Å². The lowest BCUT2D eigenvalue weighted by Gasteiger charge is -2.14. The van der Waals surface area contributed by atoms with Crippen LogP contribution in [0.3, 0.4) is 0 Å². The van der Waals surface area contributed by atoms with Crippen molar-refractivity contribution in [3.63, 3.8) is 0 Å². The third-order valence-corrected chi connectivity index (χ3v) is 2.01. The Morgan fingerprint density at radius 2 is 2.33 bits per heavy atom. The first-order chi connectivity index (χ1) is 7.19. The van der Waals surface area contributed by atoms with Gasteiger partial charge in [-0.3, -0.25) is 0 Å². The van der Waals surface area contributed by atoms with E-state index in [0.717, 1.165) is 0 Å². The predicted molar refractivity (Wildman–Crippen MR) is 56.5 cm³/mol. The van der Waals surface area contributed by atoms with Crippen molar-refractivity contribution in [2.45, 2.75) is 13.0 Å². The molecule has 1 aromatic carbocycles. The van der Waals surface area contributed by atoms with E-state index in [1.54, 1.807) is 32.2 Å². The second-order valence-electron chi connectivity index (χ2n) is 3.07. The molecule has 0 fully saturated rings. The van der Waals surface area contributed by atoms with Crippen molar-refractivity contribution >= 4 is 5.97 Å². The van der Waals surface area contributed by atoms with Gasteiger partial charge in [-0.1, -0.05) is 12.1 Å². The normalized spacial score (nSPS) is 12.1. The van der Waals surface area contributed by atoms with Crippen LogP contribution in [-0.2, 0) is 9.53 Å². The van der Waals surface area contributed by atoms with Crippen LogP contribution >= 0.6 is 0 Å². The summed E-state index contributed by atoms with van der Waals surface area (Å²) < 4.78 is 4.91. The van der Waals surface area contributed by atoms with E-state index in [1.807, 2.05) is 0 Å². The van der Waals surface area contributed by atoms with Gasteiger partial charge in [-0.05, 0) is 31.7 Å². The number of benzene rings is 1. The molecule has 0 saturated carbocycles. The van der Waals surface area contributed by atoms with Gasteiger partial charge in [0.2, 0.25) is 0 Å². The van der Waals surface area contributed by atoms with Crippen LogP contribution in [0.15, 0.2) is 24.3 Å². The van der Waals surface area contributed by atoms with Crippen LogP contribution in [0.2, 0.25) is 0 Å². The Hall–Kier alpha value is -1.55. The molecule has 0 heterocycles. The lowest BCUT2D eigenvalue weighted by Crippen LogP contribution is -2.27. The Kier molecular flexibility index (Phi) is 4.12. The predicted octanol–water partition coefficient (Wildman–Crippen LogP) is 1.22. The fraction of sp³-hybridized carbons (Fsp3) is 0.364. The lowest BCUT2D eigenvalue weighted by molar-refractivity contribution is -0.145.